The van der Waals surface area contributed by atoms with E-state index in [4.69, 9.17) is 10.5 Å². The van der Waals surface area contributed by atoms with E-state index < -0.39 is 0 Å². The Bertz CT molecular complexity index is 314. The predicted molar refractivity (Wildman–Crippen MR) is 94.8 cm³/mol. The number of nitrogens with one attached hydrogen (secondary N) is 2. The monoisotopic (exact) mass is 336 g/mol. The van der Waals surface area contributed by atoms with Crippen LogP contribution in [0.5, 0.6) is 0 Å². The van der Waals surface area contributed by atoms with Crippen molar-refractivity contribution in [1.29, 1.82) is 10.5 Å². The second-order valence-corrected chi connectivity index (χ2v) is 5.50. The Morgan fingerprint density at radius 3 is 1.21 bits per heavy atom. The van der Waals surface area contributed by atoms with Gasteiger partial charge in [0.25, 0.3) is 0 Å². The van der Waals surface area contributed by atoms with Gasteiger partial charge in [0, 0.05) is 25.9 Å². The Hall–Kier alpha value is -2.08. The molecule has 0 saturated carbocycles. The number of nitrogens with zero attached hydrogens (tertiary/aromatic N) is 2. The van der Waals surface area contributed by atoms with Gasteiger partial charge in [-0.3, -0.25) is 9.59 Å². The van der Waals surface area contributed by atoms with Crippen LogP contribution in [0.15, 0.2) is 0 Å². The molecule has 6 nitrogen and oxygen atoms in total. The number of hydrogen-bond acceptors (Lipinski definition) is 4. The van der Waals surface area contributed by atoms with E-state index in [2.05, 4.69) is 10.6 Å². The number of amides is 2. The number of carbonyl (C=O) groups is 2. The van der Waals surface area contributed by atoms with Gasteiger partial charge in [0.1, 0.15) is 0 Å². The molecule has 6 heteroatoms. The number of rotatable bonds is 16. The molecule has 2 amide bonds. The van der Waals surface area contributed by atoms with Crippen molar-refractivity contribution >= 4 is 12.8 Å². The highest BCUT2D eigenvalue weighted by atomic mass is 16.1. The van der Waals surface area contributed by atoms with Crippen molar-refractivity contribution in [2.75, 3.05) is 13.1 Å². The van der Waals surface area contributed by atoms with Gasteiger partial charge in [0.05, 0.1) is 12.1 Å². The van der Waals surface area contributed by atoms with Crippen LogP contribution in [0.2, 0.25) is 0 Å². The quantitative estimate of drug-likeness (QED) is 0.333. The van der Waals surface area contributed by atoms with Gasteiger partial charge in [-0.25, -0.2) is 0 Å². The van der Waals surface area contributed by atoms with Gasteiger partial charge >= 0.3 is 0 Å². The van der Waals surface area contributed by atoms with Gasteiger partial charge in [-0.2, -0.15) is 10.5 Å². The standard InChI is InChI=1S/C12H24N2O2.C6H8N2/c15-11-13-9-7-5-3-1-2-4-6-8-10-14-12-16;7-5-3-1-2-4-6-8/h11-12H,1-10H2,(H,13,15)(H,14,16);1-4H2. The molecule has 0 atom stereocenters. The minimum Gasteiger partial charge on any atom is -0.359 e. The third kappa shape index (κ3) is 28.1. The molecule has 0 spiro atoms. The molecular weight excluding hydrogens is 304 g/mol. The second-order valence-electron chi connectivity index (χ2n) is 5.50. The Morgan fingerprint density at radius 2 is 0.917 bits per heavy atom. The lowest BCUT2D eigenvalue weighted by Gasteiger charge is -2.02. The van der Waals surface area contributed by atoms with E-state index in [1.807, 2.05) is 12.1 Å². The Morgan fingerprint density at radius 1 is 0.583 bits per heavy atom. The minimum atomic E-state index is 0.585. The Kier molecular flexibility index (Phi) is 26.0. The topological polar surface area (TPSA) is 106 Å². The van der Waals surface area contributed by atoms with Crippen molar-refractivity contribution < 1.29 is 9.59 Å². The lowest BCUT2D eigenvalue weighted by molar-refractivity contribution is -0.110. The lowest BCUT2D eigenvalue weighted by atomic mass is 10.1. The first-order chi connectivity index (χ1) is 11.8. The Labute approximate surface area is 146 Å². The van der Waals surface area contributed by atoms with E-state index in [0.29, 0.717) is 12.8 Å². The summed E-state index contributed by atoms with van der Waals surface area (Å²) in [5.41, 5.74) is 0. The number of nitriles is 2. The fourth-order valence-electron chi connectivity index (χ4n) is 2.04. The molecule has 2 N–H and O–H groups in total. The molecule has 24 heavy (non-hydrogen) atoms. The van der Waals surface area contributed by atoms with Gasteiger partial charge in [0.15, 0.2) is 0 Å². The van der Waals surface area contributed by atoms with Crippen molar-refractivity contribution in [2.24, 2.45) is 0 Å². The molecule has 0 aromatic carbocycles. The van der Waals surface area contributed by atoms with E-state index in [1.165, 1.54) is 38.5 Å². The molecule has 136 valence electrons. The molecule has 0 radical (unpaired) electrons. The van der Waals surface area contributed by atoms with E-state index in [9.17, 15) is 9.59 Å². The SMILES string of the molecule is N#CCCCCC#N.O=CNCCCCCCCCCCNC=O. The zero-order valence-corrected chi connectivity index (χ0v) is 14.8. The fraction of sp³-hybridized carbons (Fsp3) is 0.778. The average Bonchev–Trinajstić information content (AvgIpc) is 2.60. The van der Waals surface area contributed by atoms with Crippen molar-refractivity contribution in [3.8, 4) is 12.1 Å². The highest BCUT2D eigenvalue weighted by molar-refractivity contribution is 5.45. The maximum Gasteiger partial charge on any atom is 0.207 e. The summed E-state index contributed by atoms with van der Waals surface area (Å²) in [6, 6.07) is 4.03. The molecule has 0 heterocycles. The van der Waals surface area contributed by atoms with Crippen molar-refractivity contribution in [3.05, 3.63) is 0 Å². The van der Waals surface area contributed by atoms with Crippen LogP contribution in [0.4, 0.5) is 0 Å². The molecule has 0 aliphatic rings. The van der Waals surface area contributed by atoms with Crippen LogP contribution < -0.4 is 10.6 Å². The molecule has 0 aliphatic heterocycles. The average molecular weight is 336 g/mol. The van der Waals surface area contributed by atoms with E-state index in [1.54, 1.807) is 0 Å². The van der Waals surface area contributed by atoms with Crippen molar-refractivity contribution in [1.82, 2.24) is 10.6 Å². The molecule has 0 aliphatic carbocycles. The Balaban J connectivity index is 0. The largest absolute Gasteiger partial charge is 0.359 e. The summed E-state index contributed by atoms with van der Waals surface area (Å²) in [6.45, 7) is 1.61. The highest BCUT2D eigenvalue weighted by Crippen LogP contribution is 2.07. The highest BCUT2D eigenvalue weighted by Gasteiger charge is 1.92. The summed E-state index contributed by atoms with van der Waals surface area (Å²) >= 11 is 0. The second kappa shape index (κ2) is 25.9. The van der Waals surface area contributed by atoms with E-state index in [0.717, 1.165) is 51.6 Å². The predicted octanol–water partition coefficient (Wildman–Crippen LogP) is 3.19. The smallest absolute Gasteiger partial charge is 0.207 e. The summed E-state index contributed by atoms with van der Waals surface area (Å²) in [6.07, 6.45) is 14.1. The van der Waals surface area contributed by atoms with Gasteiger partial charge in [-0.05, 0) is 25.7 Å². The number of carbonyl (C=O) groups excluding carboxylic acids is 2. The first-order valence-electron chi connectivity index (χ1n) is 8.91. The summed E-state index contributed by atoms with van der Waals surface area (Å²) in [7, 11) is 0. The molecular formula is C18H32N4O2. The molecule has 0 aromatic heterocycles. The first kappa shape index (κ1) is 24.2. The van der Waals surface area contributed by atoms with E-state index >= 15 is 0 Å². The third-order valence-corrected chi connectivity index (χ3v) is 3.39. The maximum absolute atomic E-state index is 9.95. The van der Waals surface area contributed by atoms with Crippen LogP contribution in [0.1, 0.15) is 77.0 Å². The molecule has 0 fully saturated rings. The fourth-order valence-corrected chi connectivity index (χ4v) is 2.04. The summed E-state index contributed by atoms with van der Waals surface area (Å²) in [5.74, 6) is 0. The van der Waals surface area contributed by atoms with Gasteiger partial charge < -0.3 is 10.6 Å². The van der Waals surface area contributed by atoms with Gasteiger partial charge in [0.2, 0.25) is 12.8 Å². The van der Waals surface area contributed by atoms with Crippen LogP contribution in [0, 0.1) is 22.7 Å². The number of hydrogen-bond donors (Lipinski definition) is 2. The molecule has 0 unspecified atom stereocenters. The third-order valence-electron chi connectivity index (χ3n) is 3.39. The van der Waals surface area contributed by atoms with Crippen LogP contribution >= 0.6 is 0 Å². The zero-order chi connectivity index (χ0) is 18.1. The normalized spacial score (nSPS) is 8.92. The van der Waals surface area contributed by atoms with Crippen LogP contribution in [-0.4, -0.2) is 25.9 Å². The molecule has 0 rings (SSSR count). The molecule has 0 bridgehead atoms. The minimum absolute atomic E-state index is 0.585. The lowest BCUT2D eigenvalue weighted by Crippen LogP contribution is -2.11. The summed E-state index contributed by atoms with van der Waals surface area (Å²) in [4.78, 5) is 19.9. The van der Waals surface area contributed by atoms with Gasteiger partial charge in [-0.1, -0.05) is 38.5 Å². The van der Waals surface area contributed by atoms with Gasteiger partial charge in [-0.15, -0.1) is 0 Å². The molecule has 0 saturated heterocycles. The van der Waals surface area contributed by atoms with E-state index in [-0.39, 0.29) is 0 Å². The van der Waals surface area contributed by atoms with Crippen LogP contribution in [0.25, 0.3) is 0 Å². The van der Waals surface area contributed by atoms with Crippen molar-refractivity contribution in [3.63, 3.8) is 0 Å². The maximum atomic E-state index is 9.95. The number of unbranched alkanes of at least 4 members (excludes halogenated alkanes) is 10. The van der Waals surface area contributed by atoms with Crippen molar-refractivity contribution in [2.45, 2.75) is 77.0 Å². The zero-order valence-electron chi connectivity index (χ0n) is 14.8. The van der Waals surface area contributed by atoms with Crippen LogP contribution in [-0.2, 0) is 9.59 Å². The summed E-state index contributed by atoms with van der Waals surface area (Å²) < 4.78 is 0. The first-order valence-corrected chi connectivity index (χ1v) is 8.91. The van der Waals surface area contributed by atoms with Crippen LogP contribution in [0.3, 0.4) is 0 Å². The molecule has 0 aromatic rings. The summed E-state index contributed by atoms with van der Waals surface area (Å²) in [5, 5.41) is 21.4.